The fourth-order valence-electron chi connectivity index (χ4n) is 3.13. The predicted molar refractivity (Wildman–Crippen MR) is 84.9 cm³/mol. The van der Waals surface area contributed by atoms with Crippen molar-refractivity contribution in [2.45, 2.75) is 32.7 Å². The molecule has 1 fully saturated rings. The molecule has 1 saturated heterocycles. The largest absolute Gasteiger partial charge is 0.299 e. The third-order valence-corrected chi connectivity index (χ3v) is 4.21. The van der Waals surface area contributed by atoms with Crippen LogP contribution in [0.2, 0.25) is 0 Å². The van der Waals surface area contributed by atoms with E-state index in [2.05, 4.69) is 39.1 Å². The topological polar surface area (TPSA) is 29.0 Å². The Kier molecular flexibility index (Phi) is 4.61. The summed E-state index contributed by atoms with van der Waals surface area (Å²) < 4.78 is 0. The lowest BCUT2D eigenvalue weighted by Gasteiger charge is -2.32. The molecule has 21 heavy (non-hydrogen) atoms. The standard InChI is InChI=1S/C18H23N3/c1-15-7-8-17(12-20-15)14-21-10-4-5-16(13-21)11-18-6-2-3-9-19-18/h2-3,6-9,12,16H,4-5,10-11,13-14H2,1H3/t16-/m0/s1. The van der Waals surface area contributed by atoms with E-state index >= 15 is 0 Å². The lowest BCUT2D eigenvalue weighted by Crippen LogP contribution is -2.35. The van der Waals surface area contributed by atoms with E-state index in [-0.39, 0.29) is 0 Å². The van der Waals surface area contributed by atoms with Gasteiger partial charge in [-0.25, -0.2) is 0 Å². The Morgan fingerprint density at radius 2 is 2.14 bits per heavy atom. The van der Waals surface area contributed by atoms with Crippen LogP contribution in [0.4, 0.5) is 0 Å². The van der Waals surface area contributed by atoms with Crippen molar-refractivity contribution in [3.05, 3.63) is 59.7 Å². The first-order valence-electron chi connectivity index (χ1n) is 7.83. The summed E-state index contributed by atoms with van der Waals surface area (Å²) in [5.74, 6) is 0.729. The molecule has 0 amide bonds. The molecule has 3 nitrogen and oxygen atoms in total. The van der Waals surface area contributed by atoms with Crippen molar-refractivity contribution >= 4 is 0 Å². The van der Waals surface area contributed by atoms with E-state index in [4.69, 9.17) is 0 Å². The van der Waals surface area contributed by atoms with Crippen molar-refractivity contribution in [3.8, 4) is 0 Å². The number of hydrogen-bond donors (Lipinski definition) is 0. The molecule has 0 radical (unpaired) electrons. The number of likely N-dealkylation sites (tertiary alicyclic amines) is 1. The number of hydrogen-bond acceptors (Lipinski definition) is 3. The summed E-state index contributed by atoms with van der Waals surface area (Å²) in [6.45, 7) is 5.43. The van der Waals surface area contributed by atoms with Crippen molar-refractivity contribution < 1.29 is 0 Å². The molecule has 3 heteroatoms. The van der Waals surface area contributed by atoms with Crippen LogP contribution in [0.15, 0.2) is 42.7 Å². The van der Waals surface area contributed by atoms with Gasteiger partial charge in [-0.2, -0.15) is 0 Å². The molecule has 0 unspecified atom stereocenters. The van der Waals surface area contributed by atoms with E-state index in [1.807, 2.05) is 25.4 Å². The molecule has 1 atom stereocenters. The summed E-state index contributed by atoms with van der Waals surface area (Å²) in [6.07, 6.45) is 7.62. The van der Waals surface area contributed by atoms with Gasteiger partial charge in [0.1, 0.15) is 0 Å². The van der Waals surface area contributed by atoms with Gasteiger partial charge in [-0.3, -0.25) is 14.9 Å². The Morgan fingerprint density at radius 3 is 2.90 bits per heavy atom. The van der Waals surface area contributed by atoms with E-state index in [9.17, 15) is 0 Å². The Balaban J connectivity index is 1.57. The first kappa shape index (κ1) is 14.2. The molecule has 0 saturated carbocycles. The molecule has 110 valence electrons. The molecule has 0 spiro atoms. The van der Waals surface area contributed by atoms with Crippen LogP contribution in [0, 0.1) is 12.8 Å². The average molecular weight is 281 g/mol. The van der Waals surface area contributed by atoms with Crippen molar-refractivity contribution in [1.82, 2.24) is 14.9 Å². The fraction of sp³-hybridized carbons (Fsp3) is 0.444. The van der Waals surface area contributed by atoms with Crippen LogP contribution >= 0.6 is 0 Å². The molecule has 0 N–H and O–H groups in total. The van der Waals surface area contributed by atoms with E-state index in [1.165, 1.54) is 37.2 Å². The molecule has 0 aromatic carbocycles. The Labute approximate surface area is 127 Å². The summed E-state index contributed by atoms with van der Waals surface area (Å²) in [7, 11) is 0. The predicted octanol–water partition coefficient (Wildman–Crippen LogP) is 3.24. The molecule has 0 aliphatic carbocycles. The van der Waals surface area contributed by atoms with Gasteiger partial charge in [0.2, 0.25) is 0 Å². The number of piperidine rings is 1. The van der Waals surface area contributed by atoms with Gasteiger partial charge >= 0.3 is 0 Å². The number of aromatic nitrogens is 2. The van der Waals surface area contributed by atoms with Crippen LogP contribution in [-0.4, -0.2) is 28.0 Å². The molecule has 2 aromatic rings. The van der Waals surface area contributed by atoms with Crippen molar-refractivity contribution in [2.75, 3.05) is 13.1 Å². The molecule has 2 aromatic heterocycles. The van der Waals surface area contributed by atoms with Crippen molar-refractivity contribution in [2.24, 2.45) is 5.92 Å². The maximum Gasteiger partial charge on any atom is 0.0406 e. The summed E-state index contributed by atoms with van der Waals surface area (Å²) in [6, 6.07) is 10.5. The van der Waals surface area contributed by atoms with Crippen LogP contribution in [0.25, 0.3) is 0 Å². The molecule has 0 bridgehead atoms. The monoisotopic (exact) mass is 281 g/mol. The van der Waals surface area contributed by atoms with Gasteiger partial charge in [0.25, 0.3) is 0 Å². The summed E-state index contributed by atoms with van der Waals surface area (Å²) in [5, 5.41) is 0. The minimum Gasteiger partial charge on any atom is -0.299 e. The van der Waals surface area contributed by atoms with Gasteiger partial charge < -0.3 is 0 Å². The van der Waals surface area contributed by atoms with E-state index in [0.29, 0.717) is 0 Å². The second-order valence-electron chi connectivity index (χ2n) is 6.08. The zero-order chi connectivity index (χ0) is 14.5. The number of aryl methyl sites for hydroxylation is 1. The van der Waals surface area contributed by atoms with E-state index < -0.39 is 0 Å². The minimum atomic E-state index is 0.729. The maximum absolute atomic E-state index is 4.46. The molecular formula is C18H23N3. The van der Waals surface area contributed by atoms with Crippen LogP contribution in [-0.2, 0) is 13.0 Å². The van der Waals surface area contributed by atoms with Crippen molar-refractivity contribution in [3.63, 3.8) is 0 Å². The Morgan fingerprint density at radius 1 is 1.19 bits per heavy atom. The van der Waals surface area contributed by atoms with Crippen LogP contribution in [0.3, 0.4) is 0 Å². The molecular weight excluding hydrogens is 258 g/mol. The van der Waals surface area contributed by atoms with Crippen LogP contribution in [0.1, 0.15) is 29.8 Å². The van der Waals surface area contributed by atoms with Crippen LogP contribution in [0.5, 0.6) is 0 Å². The lowest BCUT2D eigenvalue weighted by atomic mass is 9.93. The smallest absolute Gasteiger partial charge is 0.0406 e. The zero-order valence-electron chi connectivity index (χ0n) is 12.7. The van der Waals surface area contributed by atoms with Crippen LogP contribution < -0.4 is 0 Å². The number of rotatable bonds is 4. The highest BCUT2D eigenvalue weighted by molar-refractivity contribution is 5.13. The second-order valence-corrected chi connectivity index (χ2v) is 6.08. The molecule has 3 heterocycles. The minimum absolute atomic E-state index is 0.729. The van der Waals surface area contributed by atoms with Gasteiger partial charge in [0.05, 0.1) is 0 Å². The Bertz CT molecular complexity index is 550. The van der Waals surface area contributed by atoms with Gasteiger partial charge in [-0.1, -0.05) is 12.1 Å². The maximum atomic E-state index is 4.46. The van der Waals surface area contributed by atoms with Gasteiger partial charge in [-0.05, 0) is 62.4 Å². The lowest BCUT2D eigenvalue weighted by molar-refractivity contribution is 0.166. The fourth-order valence-corrected chi connectivity index (χ4v) is 3.13. The zero-order valence-corrected chi connectivity index (χ0v) is 12.7. The second kappa shape index (κ2) is 6.81. The van der Waals surface area contributed by atoms with Gasteiger partial charge in [-0.15, -0.1) is 0 Å². The first-order valence-corrected chi connectivity index (χ1v) is 7.83. The number of pyridine rings is 2. The third kappa shape index (κ3) is 4.11. The summed E-state index contributed by atoms with van der Waals surface area (Å²) in [4.78, 5) is 11.4. The third-order valence-electron chi connectivity index (χ3n) is 4.21. The number of nitrogens with zero attached hydrogens (tertiary/aromatic N) is 3. The highest BCUT2D eigenvalue weighted by atomic mass is 15.1. The molecule has 3 rings (SSSR count). The quantitative estimate of drug-likeness (QED) is 0.861. The Hall–Kier alpha value is -1.74. The molecule has 1 aliphatic heterocycles. The first-order chi connectivity index (χ1) is 10.3. The van der Waals surface area contributed by atoms with E-state index in [1.54, 1.807) is 0 Å². The normalized spacial score (nSPS) is 19.6. The summed E-state index contributed by atoms with van der Waals surface area (Å²) >= 11 is 0. The summed E-state index contributed by atoms with van der Waals surface area (Å²) in [5.41, 5.74) is 3.63. The highest BCUT2D eigenvalue weighted by Crippen LogP contribution is 2.21. The van der Waals surface area contributed by atoms with Gasteiger partial charge in [0, 0.05) is 36.9 Å². The van der Waals surface area contributed by atoms with Crippen molar-refractivity contribution in [1.29, 1.82) is 0 Å². The van der Waals surface area contributed by atoms with E-state index in [0.717, 1.165) is 24.6 Å². The van der Waals surface area contributed by atoms with Gasteiger partial charge in [0.15, 0.2) is 0 Å². The SMILES string of the molecule is Cc1ccc(CN2CCC[C@@H](Cc3ccccn3)C2)cn1. The average Bonchev–Trinajstić information content (AvgIpc) is 2.51. The molecule has 1 aliphatic rings. The highest BCUT2D eigenvalue weighted by Gasteiger charge is 2.20.